The van der Waals surface area contributed by atoms with Gasteiger partial charge < -0.3 is 20.3 Å². The fourth-order valence-corrected chi connectivity index (χ4v) is 2.72. The number of imidazole rings is 1. The molecule has 5 N–H and O–H groups in total. The molecule has 3 atom stereocenters. The number of phosphoric ester groups is 1. The molecule has 126 valence electrons. The van der Waals surface area contributed by atoms with E-state index in [0.717, 1.165) is 0 Å². The third-order valence-electron chi connectivity index (χ3n) is 3.28. The van der Waals surface area contributed by atoms with Gasteiger partial charge in [0.05, 0.1) is 19.0 Å². The second-order valence-corrected chi connectivity index (χ2v) is 6.20. The molecule has 0 saturated carbocycles. The third kappa shape index (κ3) is 3.26. The minimum absolute atomic E-state index is 0.0232. The zero-order valence-corrected chi connectivity index (χ0v) is 12.4. The zero-order chi connectivity index (χ0) is 16.8. The molecule has 0 spiro atoms. The van der Waals surface area contributed by atoms with Gasteiger partial charge in [-0.1, -0.05) is 0 Å². The standard InChI is InChI=1S/C10H13FN5O6P/c11-5-1-4(2-21-23(18,19)20)22-9(5)16-3-13-6-7(16)14-10(12)15-8(6)17/h3-5,9H,1-2H2,(H2,18,19,20)(H3,12,14,15,17)/t4?,5-,9?/m1/s1. The molecule has 0 aromatic carbocycles. The van der Waals surface area contributed by atoms with Crippen LogP contribution in [0.3, 0.4) is 0 Å². The molecule has 2 aromatic rings. The number of alkyl halides is 1. The van der Waals surface area contributed by atoms with Crippen LogP contribution >= 0.6 is 7.82 Å². The molecule has 1 saturated heterocycles. The van der Waals surface area contributed by atoms with Gasteiger partial charge in [0.15, 0.2) is 17.4 Å². The SMILES string of the molecule is Nc1nc2c(ncn2C2OC(COP(=O)(O)O)C[C@H]2F)c(=O)[nH]1. The number of nitrogens with two attached hydrogens (primary N) is 1. The van der Waals surface area contributed by atoms with Crippen LogP contribution in [-0.2, 0) is 13.8 Å². The number of halogens is 1. The summed E-state index contributed by atoms with van der Waals surface area (Å²) >= 11 is 0. The van der Waals surface area contributed by atoms with E-state index < -0.39 is 38.5 Å². The van der Waals surface area contributed by atoms with Crippen molar-refractivity contribution in [2.75, 3.05) is 12.3 Å². The maximum atomic E-state index is 14.2. The van der Waals surface area contributed by atoms with E-state index in [9.17, 15) is 13.8 Å². The number of hydrogen-bond donors (Lipinski definition) is 4. The Morgan fingerprint density at radius 3 is 3.04 bits per heavy atom. The van der Waals surface area contributed by atoms with Crippen LogP contribution in [0.4, 0.5) is 10.3 Å². The van der Waals surface area contributed by atoms with Gasteiger partial charge in [-0.3, -0.25) is 18.9 Å². The fourth-order valence-electron chi connectivity index (χ4n) is 2.36. The highest BCUT2D eigenvalue weighted by Gasteiger charge is 2.38. The molecule has 0 bridgehead atoms. The van der Waals surface area contributed by atoms with E-state index >= 15 is 0 Å². The van der Waals surface area contributed by atoms with Gasteiger partial charge in [0.1, 0.15) is 6.17 Å². The van der Waals surface area contributed by atoms with Crippen LogP contribution < -0.4 is 11.3 Å². The molecule has 11 nitrogen and oxygen atoms in total. The second-order valence-electron chi connectivity index (χ2n) is 4.96. The minimum atomic E-state index is -4.67. The number of phosphoric acid groups is 1. The first-order valence-corrected chi connectivity index (χ1v) is 7.99. The Labute approximate surface area is 127 Å². The average Bonchev–Trinajstić information content (AvgIpc) is 2.99. The Bertz CT molecular complexity index is 833. The lowest BCUT2D eigenvalue weighted by molar-refractivity contribution is -0.0346. The topological polar surface area (TPSA) is 166 Å². The monoisotopic (exact) mass is 349 g/mol. The van der Waals surface area contributed by atoms with Gasteiger partial charge in [-0.05, 0) is 0 Å². The molecule has 23 heavy (non-hydrogen) atoms. The predicted molar refractivity (Wildman–Crippen MR) is 74.0 cm³/mol. The number of hydrogen-bond acceptors (Lipinski definition) is 7. The molecule has 0 amide bonds. The van der Waals surface area contributed by atoms with E-state index in [1.165, 1.54) is 10.9 Å². The first kappa shape index (κ1) is 16.0. The molecular weight excluding hydrogens is 336 g/mol. The Hall–Kier alpha value is -1.85. The van der Waals surface area contributed by atoms with E-state index in [2.05, 4.69) is 19.5 Å². The van der Waals surface area contributed by atoms with Gasteiger partial charge in [0.2, 0.25) is 5.95 Å². The lowest BCUT2D eigenvalue weighted by Crippen LogP contribution is -2.19. The normalized spacial score (nSPS) is 25.3. The number of H-pyrrole nitrogens is 1. The summed E-state index contributed by atoms with van der Waals surface area (Å²) in [5, 5.41) is 0. The predicted octanol–water partition coefficient (Wildman–Crippen LogP) is -0.563. The molecule has 2 unspecified atom stereocenters. The van der Waals surface area contributed by atoms with Gasteiger partial charge in [0, 0.05) is 6.42 Å². The molecule has 0 radical (unpaired) electrons. The molecular formula is C10H13FN5O6P. The molecule has 13 heteroatoms. The summed E-state index contributed by atoms with van der Waals surface area (Å²) in [5.41, 5.74) is 4.92. The molecule has 2 aromatic heterocycles. The van der Waals surface area contributed by atoms with Crippen LogP contribution in [0.2, 0.25) is 0 Å². The summed E-state index contributed by atoms with van der Waals surface area (Å²) in [6, 6.07) is 0. The summed E-state index contributed by atoms with van der Waals surface area (Å²) in [4.78, 5) is 39.0. The lowest BCUT2D eigenvalue weighted by atomic mass is 10.2. The highest BCUT2D eigenvalue weighted by atomic mass is 31.2. The number of nitrogen functional groups attached to an aromatic ring is 1. The van der Waals surface area contributed by atoms with E-state index in [0.29, 0.717) is 0 Å². The van der Waals surface area contributed by atoms with Crippen molar-refractivity contribution < 1.29 is 28.0 Å². The van der Waals surface area contributed by atoms with E-state index in [4.69, 9.17) is 20.3 Å². The van der Waals surface area contributed by atoms with Crippen molar-refractivity contribution in [1.82, 2.24) is 19.5 Å². The summed E-state index contributed by atoms with van der Waals surface area (Å²) in [6.45, 7) is -0.468. The fraction of sp³-hybridized carbons (Fsp3) is 0.500. The van der Waals surface area contributed by atoms with Crippen LogP contribution in [-0.4, -0.2) is 48.2 Å². The first-order chi connectivity index (χ1) is 10.7. The number of ether oxygens (including phenoxy) is 1. The molecule has 1 aliphatic rings. The Kier molecular flexibility index (Phi) is 3.94. The van der Waals surface area contributed by atoms with Crippen molar-refractivity contribution in [3.05, 3.63) is 16.7 Å². The van der Waals surface area contributed by atoms with Crippen molar-refractivity contribution in [2.45, 2.75) is 24.9 Å². The summed E-state index contributed by atoms with van der Waals surface area (Å²) in [7, 11) is -4.67. The summed E-state index contributed by atoms with van der Waals surface area (Å²) in [6.07, 6.45) is -2.46. The van der Waals surface area contributed by atoms with E-state index in [1.807, 2.05) is 0 Å². The average molecular weight is 349 g/mol. The van der Waals surface area contributed by atoms with Crippen LogP contribution in [0, 0.1) is 0 Å². The highest BCUT2D eigenvalue weighted by Crippen LogP contribution is 2.39. The largest absolute Gasteiger partial charge is 0.469 e. The van der Waals surface area contributed by atoms with E-state index in [-0.39, 0.29) is 23.5 Å². The first-order valence-electron chi connectivity index (χ1n) is 6.46. The van der Waals surface area contributed by atoms with Crippen molar-refractivity contribution in [1.29, 1.82) is 0 Å². The van der Waals surface area contributed by atoms with Crippen LogP contribution in [0.5, 0.6) is 0 Å². The Balaban J connectivity index is 1.85. The smallest absolute Gasteiger partial charge is 0.369 e. The van der Waals surface area contributed by atoms with Gasteiger partial charge in [-0.15, -0.1) is 0 Å². The van der Waals surface area contributed by atoms with E-state index in [1.54, 1.807) is 0 Å². The van der Waals surface area contributed by atoms with Crippen molar-refractivity contribution in [3.63, 3.8) is 0 Å². The van der Waals surface area contributed by atoms with Crippen molar-refractivity contribution in [3.8, 4) is 0 Å². The van der Waals surface area contributed by atoms with Gasteiger partial charge in [-0.25, -0.2) is 13.9 Å². The molecule has 1 fully saturated rings. The second kappa shape index (κ2) is 5.65. The number of aromatic amines is 1. The maximum Gasteiger partial charge on any atom is 0.469 e. The maximum absolute atomic E-state index is 14.2. The van der Waals surface area contributed by atoms with Gasteiger partial charge in [-0.2, -0.15) is 4.98 Å². The van der Waals surface area contributed by atoms with Crippen molar-refractivity contribution in [2.24, 2.45) is 0 Å². The number of nitrogens with one attached hydrogen (secondary N) is 1. The van der Waals surface area contributed by atoms with Gasteiger partial charge in [0.25, 0.3) is 5.56 Å². The number of anilines is 1. The Morgan fingerprint density at radius 2 is 2.35 bits per heavy atom. The number of aromatic nitrogens is 4. The molecule has 3 rings (SSSR count). The lowest BCUT2D eigenvalue weighted by Gasteiger charge is -2.16. The van der Waals surface area contributed by atoms with Crippen LogP contribution in [0.25, 0.3) is 11.2 Å². The quantitative estimate of drug-likeness (QED) is 0.529. The summed E-state index contributed by atoms with van der Waals surface area (Å²) in [5.74, 6) is -0.154. The molecule has 1 aliphatic heterocycles. The van der Waals surface area contributed by atoms with Crippen LogP contribution in [0.15, 0.2) is 11.1 Å². The molecule has 3 heterocycles. The number of nitrogens with zero attached hydrogens (tertiary/aromatic N) is 3. The van der Waals surface area contributed by atoms with Crippen molar-refractivity contribution >= 4 is 24.9 Å². The highest BCUT2D eigenvalue weighted by molar-refractivity contribution is 7.46. The minimum Gasteiger partial charge on any atom is -0.369 e. The zero-order valence-electron chi connectivity index (χ0n) is 11.5. The van der Waals surface area contributed by atoms with Crippen LogP contribution in [0.1, 0.15) is 12.6 Å². The molecule has 0 aliphatic carbocycles. The Morgan fingerprint density at radius 1 is 1.61 bits per heavy atom. The number of rotatable bonds is 4. The third-order valence-corrected chi connectivity index (χ3v) is 3.77. The van der Waals surface area contributed by atoms with Gasteiger partial charge >= 0.3 is 7.82 Å². The number of fused-ring (bicyclic) bond motifs is 1. The summed E-state index contributed by atoms with van der Waals surface area (Å²) < 4.78 is 35.8.